The van der Waals surface area contributed by atoms with E-state index in [0.29, 0.717) is 23.1 Å². The van der Waals surface area contributed by atoms with Gasteiger partial charge in [-0.2, -0.15) is 0 Å². The lowest BCUT2D eigenvalue weighted by atomic mass is 9.91. The summed E-state index contributed by atoms with van der Waals surface area (Å²) in [5.74, 6) is 0.681. The third kappa shape index (κ3) is 6.86. The van der Waals surface area contributed by atoms with Gasteiger partial charge in [0.1, 0.15) is 0 Å². The second kappa shape index (κ2) is 13.1. The van der Waals surface area contributed by atoms with Gasteiger partial charge in [-0.25, -0.2) is 9.48 Å². The SMILES string of the molecule is C[C@@H]1[C@H](CSc2nnnn2C)O[C@H](c2ccc(NC(=O)NCc3ccccc3)cc2)O[C@@H]1c1ccc(CO)cc1. The van der Waals surface area contributed by atoms with Crippen molar-refractivity contribution >= 4 is 23.5 Å². The molecule has 4 atom stereocenters. The zero-order valence-electron chi connectivity index (χ0n) is 22.3. The highest BCUT2D eigenvalue weighted by Gasteiger charge is 2.38. The Bertz CT molecular complexity index is 1380. The van der Waals surface area contributed by atoms with E-state index in [0.717, 1.165) is 22.3 Å². The maximum atomic E-state index is 12.4. The second-order valence-electron chi connectivity index (χ2n) is 9.63. The summed E-state index contributed by atoms with van der Waals surface area (Å²) in [5, 5.41) is 27.6. The number of anilines is 1. The lowest BCUT2D eigenvalue weighted by Gasteiger charge is -2.41. The van der Waals surface area contributed by atoms with Crippen molar-refractivity contribution in [3.05, 3.63) is 101 Å². The normalized spacial score (nSPS) is 20.7. The van der Waals surface area contributed by atoms with E-state index in [1.165, 1.54) is 11.8 Å². The van der Waals surface area contributed by atoms with Gasteiger partial charge in [0.05, 0.1) is 18.8 Å². The molecule has 0 aliphatic carbocycles. The highest BCUT2D eigenvalue weighted by Crippen LogP contribution is 2.43. The lowest BCUT2D eigenvalue weighted by Crippen LogP contribution is -2.38. The number of carbonyl (C=O) groups excluding carboxylic acids is 1. The van der Waals surface area contributed by atoms with Crippen molar-refractivity contribution in [2.24, 2.45) is 13.0 Å². The van der Waals surface area contributed by atoms with Crippen molar-refractivity contribution < 1.29 is 19.4 Å². The number of benzene rings is 3. The maximum absolute atomic E-state index is 12.4. The summed E-state index contributed by atoms with van der Waals surface area (Å²) in [4.78, 5) is 12.4. The summed E-state index contributed by atoms with van der Waals surface area (Å²) in [6, 6.07) is 24.7. The first-order chi connectivity index (χ1) is 19.5. The van der Waals surface area contributed by atoms with Crippen LogP contribution < -0.4 is 10.6 Å². The molecule has 0 bridgehead atoms. The Morgan fingerprint density at radius 2 is 1.70 bits per heavy atom. The number of aromatic nitrogens is 4. The van der Waals surface area contributed by atoms with Crippen LogP contribution in [0.2, 0.25) is 0 Å². The van der Waals surface area contributed by atoms with E-state index in [9.17, 15) is 9.90 Å². The van der Waals surface area contributed by atoms with Crippen molar-refractivity contribution in [1.82, 2.24) is 25.5 Å². The van der Waals surface area contributed by atoms with E-state index in [4.69, 9.17) is 9.47 Å². The molecule has 3 aromatic carbocycles. The Hall–Kier alpha value is -3.77. The van der Waals surface area contributed by atoms with E-state index in [1.807, 2.05) is 85.9 Å². The molecular weight excluding hydrogens is 528 g/mol. The van der Waals surface area contributed by atoms with E-state index < -0.39 is 6.29 Å². The predicted octanol–water partition coefficient (Wildman–Crippen LogP) is 4.61. The molecule has 10 nitrogen and oxygen atoms in total. The van der Waals surface area contributed by atoms with Crippen LogP contribution in [0.15, 0.2) is 84.0 Å². The summed E-state index contributed by atoms with van der Waals surface area (Å²) < 4.78 is 14.6. The van der Waals surface area contributed by atoms with Crippen LogP contribution in [-0.2, 0) is 29.7 Å². The number of thioether (sulfide) groups is 1. The van der Waals surface area contributed by atoms with Gasteiger partial charge in [0.25, 0.3) is 0 Å². The van der Waals surface area contributed by atoms with Gasteiger partial charge in [-0.1, -0.05) is 85.4 Å². The fourth-order valence-electron chi connectivity index (χ4n) is 4.49. The summed E-state index contributed by atoms with van der Waals surface area (Å²) in [7, 11) is 1.81. The van der Waals surface area contributed by atoms with Gasteiger partial charge in [0.15, 0.2) is 6.29 Å². The summed E-state index contributed by atoms with van der Waals surface area (Å²) >= 11 is 1.54. The summed E-state index contributed by atoms with van der Waals surface area (Å²) in [6.07, 6.45) is -0.983. The molecule has 1 aliphatic rings. The zero-order valence-corrected chi connectivity index (χ0v) is 23.1. The average molecular weight is 561 g/mol. The Labute approximate surface area is 237 Å². The molecule has 0 saturated carbocycles. The molecule has 208 valence electrons. The molecule has 0 radical (unpaired) electrons. The molecular formula is C29H32N6O4S. The highest BCUT2D eigenvalue weighted by atomic mass is 32.2. The molecule has 2 heterocycles. The van der Waals surface area contributed by atoms with Crippen molar-refractivity contribution in [1.29, 1.82) is 0 Å². The number of aryl methyl sites for hydroxylation is 1. The molecule has 1 aliphatic heterocycles. The molecule has 1 saturated heterocycles. The molecule has 3 N–H and O–H groups in total. The molecule has 5 rings (SSSR count). The molecule has 1 aromatic heterocycles. The zero-order chi connectivity index (χ0) is 27.9. The monoisotopic (exact) mass is 560 g/mol. The lowest BCUT2D eigenvalue weighted by molar-refractivity contribution is -0.268. The van der Waals surface area contributed by atoms with Crippen LogP contribution in [0.3, 0.4) is 0 Å². The van der Waals surface area contributed by atoms with Crippen LogP contribution in [0, 0.1) is 5.92 Å². The van der Waals surface area contributed by atoms with Crippen molar-refractivity contribution in [2.45, 2.75) is 43.7 Å². The van der Waals surface area contributed by atoms with Gasteiger partial charge in [-0.3, -0.25) is 0 Å². The van der Waals surface area contributed by atoms with E-state index >= 15 is 0 Å². The minimum absolute atomic E-state index is 0.0112. The number of rotatable bonds is 9. The van der Waals surface area contributed by atoms with Crippen molar-refractivity contribution in [3.8, 4) is 0 Å². The van der Waals surface area contributed by atoms with Crippen LogP contribution in [-0.4, -0.2) is 43.2 Å². The number of hydrogen-bond acceptors (Lipinski definition) is 8. The van der Waals surface area contributed by atoms with Crippen LogP contribution in [0.5, 0.6) is 0 Å². The average Bonchev–Trinajstić information content (AvgIpc) is 3.41. The summed E-state index contributed by atoms with van der Waals surface area (Å²) in [6.45, 7) is 2.54. The molecule has 0 unspecified atom stereocenters. The maximum Gasteiger partial charge on any atom is 0.319 e. The number of carbonyl (C=O) groups is 1. The third-order valence-corrected chi connectivity index (χ3v) is 7.92. The van der Waals surface area contributed by atoms with Gasteiger partial charge < -0.3 is 25.2 Å². The fourth-order valence-corrected chi connectivity index (χ4v) is 5.50. The van der Waals surface area contributed by atoms with Gasteiger partial charge in [-0.05, 0) is 39.2 Å². The van der Waals surface area contributed by atoms with Crippen LogP contribution in [0.4, 0.5) is 10.5 Å². The Morgan fingerprint density at radius 3 is 2.38 bits per heavy atom. The number of hydrogen-bond donors (Lipinski definition) is 3. The fraction of sp³-hybridized carbons (Fsp3) is 0.310. The van der Waals surface area contributed by atoms with Crippen molar-refractivity contribution in [2.75, 3.05) is 11.1 Å². The van der Waals surface area contributed by atoms with Gasteiger partial charge in [0.2, 0.25) is 5.16 Å². The third-order valence-electron chi connectivity index (χ3n) is 6.82. The molecule has 1 fully saturated rings. The predicted molar refractivity (Wildman–Crippen MR) is 151 cm³/mol. The standard InChI is InChI=1S/C29H32N6O4S/c1-19-25(18-40-29-32-33-34-35(29)2)38-27(39-26(19)22-10-8-21(17-36)9-11-22)23-12-14-24(15-13-23)31-28(37)30-16-20-6-4-3-5-7-20/h3-15,19,25-27,36H,16-18H2,1-2H3,(H2,30,31,37)/t19-,25+,26+,27+/m1/s1. The Kier molecular flexibility index (Phi) is 9.07. The summed E-state index contributed by atoms with van der Waals surface area (Å²) in [5.41, 5.74) is 4.39. The van der Waals surface area contributed by atoms with Crippen LogP contribution in [0.1, 0.15) is 41.6 Å². The number of ether oxygens (including phenoxy) is 2. The first-order valence-electron chi connectivity index (χ1n) is 13.0. The number of tetrazole rings is 1. The van der Waals surface area contributed by atoms with E-state index in [2.05, 4.69) is 33.1 Å². The minimum Gasteiger partial charge on any atom is -0.392 e. The molecule has 0 spiro atoms. The second-order valence-corrected chi connectivity index (χ2v) is 10.6. The Morgan fingerprint density at radius 1 is 0.975 bits per heavy atom. The van der Waals surface area contributed by atoms with Crippen LogP contribution >= 0.6 is 11.8 Å². The van der Waals surface area contributed by atoms with Gasteiger partial charge in [-0.15, -0.1) is 5.10 Å². The number of urea groups is 1. The largest absolute Gasteiger partial charge is 0.392 e. The quantitative estimate of drug-likeness (QED) is 0.254. The number of nitrogens with one attached hydrogen (secondary N) is 2. The number of aliphatic hydroxyl groups is 1. The first kappa shape index (κ1) is 27.8. The first-order valence-corrected chi connectivity index (χ1v) is 14.0. The highest BCUT2D eigenvalue weighted by molar-refractivity contribution is 7.99. The molecule has 11 heteroatoms. The molecule has 40 heavy (non-hydrogen) atoms. The smallest absolute Gasteiger partial charge is 0.319 e. The van der Waals surface area contributed by atoms with Crippen LogP contribution in [0.25, 0.3) is 0 Å². The molecule has 4 aromatic rings. The van der Waals surface area contributed by atoms with Gasteiger partial charge >= 0.3 is 6.03 Å². The number of nitrogens with zero attached hydrogens (tertiary/aromatic N) is 4. The van der Waals surface area contributed by atoms with E-state index in [1.54, 1.807) is 4.68 Å². The Balaban J connectivity index is 1.28. The minimum atomic E-state index is -0.608. The number of aliphatic hydroxyl groups excluding tert-OH is 1. The van der Waals surface area contributed by atoms with E-state index in [-0.39, 0.29) is 30.8 Å². The van der Waals surface area contributed by atoms with Crippen molar-refractivity contribution in [3.63, 3.8) is 0 Å². The van der Waals surface area contributed by atoms with Gasteiger partial charge in [0, 0.05) is 36.5 Å². The number of amides is 2. The topological polar surface area (TPSA) is 123 Å². The molecule has 2 amide bonds.